The molecule has 13 aliphatic rings. The minimum Gasteiger partial charge on any atom is -0.0625 e. The largest absolute Gasteiger partial charge is 0.0625 e. The van der Waals surface area contributed by atoms with Crippen LogP contribution in [-0.4, -0.2) is 0 Å². The van der Waals surface area contributed by atoms with Crippen molar-refractivity contribution in [2.45, 2.75) is 150 Å². The molecule has 0 aromatic heterocycles. The molecule has 26 atom stereocenters. The van der Waals surface area contributed by atoms with Crippen LogP contribution in [0.25, 0.3) is 0 Å². The summed E-state index contributed by atoms with van der Waals surface area (Å²) in [6.07, 6.45) is 31.3. The van der Waals surface area contributed by atoms with Gasteiger partial charge in [0.25, 0.3) is 0 Å². The summed E-state index contributed by atoms with van der Waals surface area (Å²) in [6, 6.07) is 0. The lowest BCUT2D eigenvalue weighted by Crippen LogP contribution is -2.68. The molecule has 0 aliphatic heterocycles. The zero-order chi connectivity index (χ0) is 32.9. The van der Waals surface area contributed by atoms with Crippen molar-refractivity contribution in [2.75, 3.05) is 0 Å². The van der Waals surface area contributed by atoms with Gasteiger partial charge < -0.3 is 0 Å². The summed E-state index contributed by atoms with van der Waals surface area (Å²) in [5.41, 5.74) is 0.774. The molecule has 13 saturated carbocycles. The van der Waals surface area contributed by atoms with Crippen LogP contribution in [0.2, 0.25) is 0 Å². The Balaban J connectivity index is 1.02. The summed E-state index contributed by atoms with van der Waals surface area (Å²) in [5.74, 6) is 29.4. The second-order valence-electron chi connectivity index (χ2n) is 24.2. The predicted octanol–water partition coefficient (Wildman–Crippen LogP) is 12.7. The third-order valence-corrected chi connectivity index (χ3v) is 23.7. The molecule has 276 valence electrons. The first-order valence-corrected chi connectivity index (χ1v) is 24.5. The van der Waals surface area contributed by atoms with E-state index in [2.05, 4.69) is 27.7 Å². The van der Waals surface area contributed by atoms with Gasteiger partial charge in [-0.05, 0) is 243 Å². The van der Waals surface area contributed by atoms with Crippen LogP contribution < -0.4 is 0 Å². The van der Waals surface area contributed by atoms with Crippen LogP contribution in [-0.2, 0) is 0 Å². The maximum absolute atomic E-state index is 2.87. The molecule has 26 unspecified atom stereocenters. The summed E-state index contributed by atoms with van der Waals surface area (Å²) in [4.78, 5) is 0. The Bertz CT molecular complexity index is 1370. The minimum absolute atomic E-state index is 0.774. The summed E-state index contributed by atoms with van der Waals surface area (Å²) in [5, 5.41) is 0. The van der Waals surface area contributed by atoms with Gasteiger partial charge in [-0.1, -0.05) is 66.2 Å². The third-order valence-electron chi connectivity index (χ3n) is 23.7. The first-order valence-electron chi connectivity index (χ1n) is 24.5. The van der Waals surface area contributed by atoms with E-state index >= 15 is 0 Å². The molecule has 1 spiro atoms. The van der Waals surface area contributed by atoms with Crippen LogP contribution in [0.1, 0.15) is 150 Å². The molecule has 0 N–H and O–H groups in total. The molecule has 0 heteroatoms. The Morgan fingerprint density at radius 1 is 0.380 bits per heavy atom. The topological polar surface area (TPSA) is 0 Å². The molecule has 13 fully saturated rings. The summed E-state index contributed by atoms with van der Waals surface area (Å²) >= 11 is 0. The van der Waals surface area contributed by atoms with Gasteiger partial charge in [-0.25, -0.2) is 0 Å². The molecule has 0 aromatic carbocycles. The highest BCUT2D eigenvalue weighted by atomic mass is 14.9. The first-order chi connectivity index (χ1) is 24.5. The van der Waals surface area contributed by atoms with Crippen molar-refractivity contribution in [3.05, 3.63) is 0 Å². The van der Waals surface area contributed by atoms with Gasteiger partial charge in [0.05, 0.1) is 0 Å². The van der Waals surface area contributed by atoms with Crippen LogP contribution in [0.3, 0.4) is 0 Å². The van der Waals surface area contributed by atoms with E-state index in [0.29, 0.717) is 0 Å². The van der Waals surface area contributed by atoms with Gasteiger partial charge in [-0.3, -0.25) is 0 Å². The molecule has 13 aliphatic carbocycles. The van der Waals surface area contributed by atoms with E-state index in [-0.39, 0.29) is 0 Å². The summed E-state index contributed by atoms with van der Waals surface area (Å²) < 4.78 is 0. The Kier molecular flexibility index (Phi) is 6.65. The van der Waals surface area contributed by atoms with Gasteiger partial charge in [0.15, 0.2) is 0 Å². The Hall–Kier alpha value is 0. The number of fused-ring (bicyclic) bond motifs is 14. The fourth-order valence-electron chi connectivity index (χ4n) is 24.4. The van der Waals surface area contributed by atoms with Crippen molar-refractivity contribution in [1.29, 1.82) is 0 Å². The predicted molar refractivity (Wildman–Crippen MR) is 204 cm³/mol. The van der Waals surface area contributed by atoms with Gasteiger partial charge >= 0.3 is 0 Å². The maximum atomic E-state index is 2.87. The second-order valence-corrected chi connectivity index (χ2v) is 24.2. The van der Waals surface area contributed by atoms with Crippen molar-refractivity contribution in [1.82, 2.24) is 0 Å². The quantitative estimate of drug-likeness (QED) is 0.259. The third kappa shape index (κ3) is 3.46. The Labute approximate surface area is 308 Å². The van der Waals surface area contributed by atoms with Crippen LogP contribution in [0.5, 0.6) is 0 Å². The lowest BCUT2D eigenvalue weighted by molar-refractivity contribution is -0.252. The first kappa shape index (κ1) is 31.2. The molecule has 0 radical (unpaired) electrons. The van der Waals surface area contributed by atoms with Crippen LogP contribution >= 0.6 is 0 Å². The lowest BCUT2D eigenvalue weighted by atomic mass is 9.32. The van der Waals surface area contributed by atoms with Gasteiger partial charge in [0.1, 0.15) is 0 Å². The van der Waals surface area contributed by atoms with Crippen molar-refractivity contribution in [3.8, 4) is 0 Å². The van der Waals surface area contributed by atoms with Crippen molar-refractivity contribution < 1.29 is 0 Å². The van der Waals surface area contributed by atoms with Crippen LogP contribution in [0, 0.1) is 159 Å². The van der Waals surface area contributed by atoms with Crippen molar-refractivity contribution in [2.24, 2.45) is 159 Å². The van der Waals surface area contributed by atoms with E-state index in [4.69, 9.17) is 0 Å². The zero-order valence-corrected chi connectivity index (χ0v) is 32.9. The number of hydrogen-bond donors (Lipinski definition) is 0. The molecule has 0 aromatic rings. The average Bonchev–Trinajstić information content (AvgIpc) is 3.91. The van der Waals surface area contributed by atoms with Crippen molar-refractivity contribution in [3.63, 3.8) is 0 Å². The number of hydrogen-bond acceptors (Lipinski definition) is 0. The molecule has 0 saturated heterocycles. The van der Waals surface area contributed by atoms with Crippen LogP contribution in [0.15, 0.2) is 0 Å². The fourth-order valence-corrected chi connectivity index (χ4v) is 24.4. The smallest absolute Gasteiger partial charge is 0.0165 e. The molecule has 0 nitrogen and oxygen atoms in total. The van der Waals surface area contributed by atoms with Crippen molar-refractivity contribution >= 4 is 0 Å². The Morgan fingerprint density at radius 2 is 0.980 bits per heavy atom. The highest BCUT2D eigenvalue weighted by molar-refractivity contribution is 5.29. The number of rotatable bonds is 1. The standard InChI is InChI=1S/C50H76/c1-24(2)29-13-8-14-32-33-15-9-16-35-41(33)44(40(29)32)36-20-21-38-46(42(35)36)43-31-12-6-5-11-30(31)34-19-18-28-23-27-10-7-17-37-39-25(3)22-26(4)47(39)50(38,48(27)37)49(28)45(34)43/h24-49H,5-23H2,1-4H3. The fraction of sp³-hybridized carbons (Fsp3) is 1.00. The normalized spacial score (nSPS) is 67.7. The molecule has 0 heterocycles. The lowest BCUT2D eigenvalue weighted by Gasteiger charge is -2.72. The van der Waals surface area contributed by atoms with Gasteiger partial charge in [-0.2, -0.15) is 0 Å². The van der Waals surface area contributed by atoms with Gasteiger partial charge in [0.2, 0.25) is 0 Å². The monoisotopic (exact) mass is 677 g/mol. The van der Waals surface area contributed by atoms with E-state index in [0.717, 1.165) is 124 Å². The van der Waals surface area contributed by atoms with Crippen LogP contribution in [0.4, 0.5) is 0 Å². The van der Waals surface area contributed by atoms with E-state index in [1.807, 2.05) is 0 Å². The molecule has 0 bridgehead atoms. The summed E-state index contributed by atoms with van der Waals surface area (Å²) in [6.45, 7) is 11.0. The highest BCUT2D eigenvalue weighted by Gasteiger charge is 2.81. The molecular weight excluding hydrogens is 601 g/mol. The van der Waals surface area contributed by atoms with Gasteiger partial charge in [0, 0.05) is 0 Å². The second kappa shape index (κ2) is 10.6. The van der Waals surface area contributed by atoms with E-state index < -0.39 is 0 Å². The molecule has 0 amide bonds. The minimum atomic E-state index is 0.774. The van der Waals surface area contributed by atoms with E-state index in [1.165, 1.54) is 35.5 Å². The van der Waals surface area contributed by atoms with E-state index in [9.17, 15) is 0 Å². The Morgan fingerprint density at radius 3 is 1.84 bits per heavy atom. The van der Waals surface area contributed by atoms with E-state index in [1.54, 1.807) is 122 Å². The molecule has 13 rings (SSSR count). The SMILES string of the molecule is CC(C)C1CCCC2C3CCCC4C3C(C3CCC5C(C43)C3C4CCCCC4C4CCC6CC7CCCC8C9C(C)CC(C)C9C5(C78)C6C43)C12. The molecule has 50 heavy (non-hydrogen) atoms. The average molecular weight is 677 g/mol. The highest BCUT2D eigenvalue weighted by Crippen LogP contribution is 2.86. The summed E-state index contributed by atoms with van der Waals surface area (Å²) in [7, 11) is 0. The van der Waals surface area contributed by atoms with Gasteiger partial charge in [-0.15, -0.1) is 0 Å². The molecular formula is C50H76. The maximum Gasteiger partial charge on any atom is -0.0165 e. The zero-order valence-electron chi connectivity index (χ0n) is 32.9.